The summed E-state index contributed by atoms with van der Waals surface area (Å²) in [6, 6.07) is 8.16. The van der Waals surface area contributed by atoms with E-state index in [0.29, 0.717) is 5.75 Å². The molecule has 2 atom stereocenters. The first-order valence-corrected chi connectivity index (χ1v) is 7.70. The highest BCUT2D eigenvalue weighted by atomic mass is 16.5. The standard InChI is InChI=1S/C17H24N4O2/c1-12-8-20-21(10-12)14(3)13(2)19-9-15-4-6-16(7-5-15)23-11-17(18)22/h4-8,10,13-14,19H,9,11H2,1-3H3,(H2,18,22). The summed E-state index contributed by atoms with van der Waals surface area (Å²) < 4.78 is 7.22. The number of hydrogen-bond acceptors (Lipinski definition) is 4. The van der Waals surface area contributed by atoms with Crippen molar-refractivity contribution in [3.63, 3.8) is 0 Å². The van der Waals surface area contributed by atoms with Gasteiger partial charge in [0.2, 0.25) is 0 Å². The van der Waals surface area contributed by atoms with Crippen LogP contribution in [0, 0.1) is 6.92 Å². The van der Waals surface area contributed by atoms with E-state index in [-0.39, 0.29) is 18.7 Å². The van der Waals surface area contributed by atoms with Gasteiger partial charge in [0.15, 0.2) is 6.61 Å². The molecule has 23 heavy (non-hydrogen) atoms. The number of aromatic nitrogens is 2. The Morgan fingerprint density at radius 1 is 1.35 bits per heavy atom. The van der Waals surface area contributed by atoms with Crippen molar-refractivity contribution in [1.82, 2.24) is 15.1 Å². The first-order chi connectivity index (χ1) is 11.0. The molecule has 0 aliphatic rings. The average molecular weight is 316 g/mol. The Morgan fingerprint density at radius 3 is 2.61 bits per heavy atom. The van der Waals surface area contributed by atoms with E-state index in [2.05, 4.69) is 24.3 Å². The molecule has 0 saturated carbocycles. The van der Waals surface area contributed by atoms with Gasteiger partial charge < -0.3 is 15.8 Å². The van der Waals surface area contributed by atoms with Crippen molar-refractivity contribution in [2.75, 3.05) is 6.61 Å². The summed E-state index contributed by atoms with van der Waals surface area (Å²) in [5, 5.41) is 7.86. The highest BCUT2D eigenvalue weighted by Crippen LogP contribution is 2.14. The highest BCUT2D eigenvalue weighted by molar-refractivity contribution is 5.75. The maximum Gasteiger partial charge on any atom is 0.255 e. The zero-order chi connectivity index (χ0) is 16.8. The molecular formula is C17H24N4O2. The molecule has 2 unspecified atom stereocenters. The molecule has 0 bridgehead atoms. The topological polar surface area (TPSA) is 82.2 Å². The lowest BCUT2D eigenvalue weighted by atomic mass is 10.1. The Bertz CT molecular complexity index is 636. The molecule has 3 N–H and O–H groups in total. The van der Waals surface area contributed by atoms with Crippen LogP contribution in [0.3, 0.4) is 0 Å². The van der Waals surface area contributed by atoms with E-state index in [4.69, 9.17) is 10.5 Å². The van der Waals surface area contributed by atoms with E-state index in [0.717, 1.165) is 17.7 Å². The number of carbonyl (C=O) groups excluding carboxylic acids is 1. The smallest absolute Gasteiger partial charge is 0.255 e. The summed E-state index contributed by atoms with van der Waals surface area (Å²) in [5.41, 5.74) is 7.36. The van der Waals surface area contributed by atoms with Gasteiger partial charge in [0.05, 0.1) is 12.2 Å². The number of carbonyl (C=O) groups is 1. The number of hydrogen-bond donors (Lipinski definition) is 2. The quantitative estimate of drug-likeness (QED) is 0.778. The van der Waals surface area contributed by atoms with Crippen molar-refractivity contribution < 1.29 is 9.53 Å². The Hall–Kier alpha value is -2.34. The molecule has 1 amide bonds. The molecule has 6 heteroatoms. The third-order valence-electron chi connectivity index (χ3n) is 3.80. The van der Waals surface area contributed by atoms with Crippen molar-refractivity contribution in [3.05, 3.63) is 47.8 Å². The fraction of sp³-hybridized carbons (Fsp3) is 0.412. The van der Waals surface area contributed by atoms with Crippen LogP contribution in [0.5, 0.6) is 5.75 Å². The minimum absolute atomic E-state index is 0.102. The minimum atomic E-state index is -0.479. The molecule has 1 aromatic heterocycles. The average Bonchev–Trinajstić information content (AvgIpc) is 2.97. The van der Waals surface area contributed by atoms with Gasteiger partial charge in [0.1, 0.15) is 5.75 Å². The number of rotatable bonds is 8. The molecule has 124 valence electrons. The van der Waals surface area contributed by atoms with Crippen molar-refractivity contribution >= 4 is 5.91 Å². The third-order valence-corrected chi connectivity index (χ3v) is 3.80. The van der Waals surface area contributed by atoms with E-state index < -0.39 is 5.91 Å². The van der Waals surface area contributed by atoms with Crippen LogP contribution >= 0.6 is 0 Å². The molecule has 6 nitrogen and oxygen atoms in total. The van der Waals surface area contributed by atoms with E-state index >= 15 is 0 Å². The molecule has 0 aliphatic carbocycles. The fourth-order valence-corrected chi connectivity index (χ4v) is 2.19. The summed E-state index contributed by atoms with van der Waals surface area (Å²) in [7, 11) is 0. The molecule has 0 spiro atoms. The van der Waals surface area contributed by atoms with Crippen LogP contribution in [0.25, 0.3) is 0 Å². The van der Waals surface area contributed by atoms with Crippen molar-refractivity contribution in [2.24, 2.45) is 5.73 Å². The second kappa shape index (κ2) is 7.78. The molecule has 0 fully saturated rings. The molecular weight excluding hydrogens is 292 g/mol. The van der Waals surface area contributed by atoms with Crippen LogP contribution in [0.4, 0.5) is 0 Å². The summed E-state index contributed by atoms with van der Waals surface area (Å²) in [6.07, 6.45) is 3.92. The number of amides is 1. The number of ether oxygens (including phenoxy) is 1. The van der Waals surface area contributed by atoms with Crippen molar-refractivity contribution in [2.45, 2.75) is 39.4 Å². The van der Waals surface area contributed by atoms with Gasteiger partial charge in [0.25, 0.3) is 5.91 Å². The van der Waals surface area contributed by atoms with E-state index in [1.807, 2.05) is 48.3 Å². The zero-order valence-corrected chi connectivity index (χ0v) is 13.8. The first-order valence-electron chi connectivity index (χ1n) is 7.70. The largest absolute Gasteiger partial charge is 0.484 e. The summed E-state index contributed by atoms with van der Waals surface area (Å²) >= 11 is 0. The predicted molar refractivity (Wildman–Crippen MR) is 89.1 cm³/mol. The lowest BCUT2D eigenvalue weighted by Crippen LogP contribution is -2.33. The van der Waals surface area contributed by atoms with Crippen LogP contribution in [0.2, 0.25) is 0 Å². The summed E-state index contributed by atoms with van der Waals surface area (Å²) in [5.74, 6) is 0.161. The number of nitrogens with one attached hydrogen (secondary N) is 1. The van der Waals surface area contributed by atoms with Crippen LogP contribution in [0.15, 0.2) is 36.7 Å². The van der Waals surface area contributed by atoms with Crippen LogP contribution < -0.4 is 15.8 Å². The second-order valence-corrected chi connectivity index (χ2v) is 5.81. The Morgan fingerprint density at radius 2 is 2.04 bits per heavy atom. The van der Waals surface area contributed by atoms with Crippen LogP contribution in [-0.2, 0) is 11.3 Å². The predicted octanol–water partition coefficient (Wildman–Crippen LogP) is 1.79. The molecule has 1 heterocycles. The third kappa shape index (κ3) is 5.10. The van der Waals surface area contributed by atoms with E-state index in [1.165, 1.54) is 0 Å². The normalized spacial score (nSPS) is 13.5. The maximum atomic E-state index is 10.7. The lowest BCUT2D eigenvalue weighted by Gasteiger charge is -2.22. The number of primary amides is 1. The fourth-order valence-electron chi connectivity index (χ4n) is 2.19. The summed E-state index contributed by atoms with van der Waals surface area (Å²) in [4.78, 5) is 10.7. The molecule has 0 radical (unpaired) electrons. The van der Waals surface area contributed by atoms with Gasteiger partial charge in [-0.2, -0.15) is 5.10 Å². The van der Waals surface area contributed by atoms with Gasteiger partial charge in [-0.3, -0.25) is 9.48 Å². The maximum absolute atomic E-state index is 10.7. The molecule has 1 aromatic carbocycles. The number of aryl methyl sites for hydroxylation is 1. The molecule has 0 aliphatic heterocycles. The first kappa shape index (κ1) is 17.0. The van der Waals surface area contributed by atoms with Gasteiger partial charge in [-0.25, -0.2) is 0 Å². The van der Waals surface area contributed by atoms with Gasteiger partial charge in [-0.1, -0.05) is 12.1 Å². The Balaban J connectivity index is 1.84. The van der Waals surface area contributed by atoms with Crippen LogP contribution in [-0.4, -0.2) is 28.3 Å². The SMILES string of the molecule is Cc1cnn(C(C)C(C)NCc2ccc(OCC(N)=O)cc2)c1. The number of nitrogens with zero attached hydrogens (tertiary/aromatic N) is 2. The van der Waals surface area contributed by atoms with Crippen molar-refractivity contribution in [1.29, 1.82) is 0 Å². The van der Waals surface area contributed by atoms with Crippen molar-refractivity contribution in [3.8, 4) is 5.75 Å². The van der Waals surface area contributed by atoms with Crippen LogP contribution in [0.1, 0.15) is 31.0 Å². The Labute approximate surface area is 136 Å². The molecule has 2 rings (SSSR count). The number of nitrogens with two attached hydrogens (primary N) is 1. The number of benzene rings is 1. The van der Waals surface area contributed by atoms with Gasteiger partial charge in [0, 0.05) is 18.8 Å². The van der Waals surface area contributed by atoms with Gasteiger partial charge >= 0.3 is 0 Å². The highest BCUT2D eigenvalue weighted by Gasteiger charge is 2.14. The Kier molecular flexibility index (Phi) is 5.76. The monoisotopic (exact) mass is 316 g/mol. The van der Waals surface area contributed by atoms with E-state index in [1.54, 1.807) is 0 Å². The van der Waals surface area contributed by atoms with Gasteiger partial charge in [-0.15, -0.1) is 0 Å². The van der Waals surface area contributed by atoms with E-state index in [9.17, 15) is 4.79 Å². The van der Waals surface area contributed by atoms with Gasteiger partial charge in [-0.05, 0) is 44.0 Å². The second-order valence-electron chi connectivity index (χ2n) is 5.81. The molecule has 2 aromatic rings. The minimum Gasteiger partial charge on any atom is -0.484 e. The summed E-state index contributed by atoms with van der Waals surface area (Å²) in [6.45, 7) is 6.98. The zero-order valence-electron chi connectivity index (χ0n) is 13.8. The lowest BCUT2D eigenvalue weighted by molar-refractivity contribution is -0.119. The molecule has 0 saturated heterocycles.